The van der Waals surface area contributed by atoms with Gasteiger partial charge in [0.2, 0.25) is 0 Å². The van der Waals surface area contributed by atoms with Gasteiger partial charge in [-0.2, -0.15) is 0 Å². The molecule has 106 valence electrons. The van der Waals surface area contributed by atoms with Crippen molar-refractivity contribution < 1.29 is 14.7 Å². The average molecular weight is 274 g/mol. The van der Waals surface area contributed by atoms with Gasteiger partial charge in [-0.3, -0.25) is 4.79 Å². The Morgan fingerprint density at radius 2 is 2.00 bits per heavy atom. The van der Waals surface area contributed by atoms with E-state index in [4.69, 9.17) is 5.73 Å². The van der Waals surface area contributed by atoms with Crippen LogP contribution in [-0.4, -0.2) is 29.6 Å². The minimum absolute atomic E-state index is 0.188. The molecule has 2 fully saturated rings. The van der Waals surface area contributed by atoms with Gasteiger partial charge in [0.25, 0.3) is 5.91 Å². The molecule has 3 rings (SSSR count). The maximum Gasteiger partial charge on any atom is 0.326 e. The zero-order valence-corrected chi connectivity index (χ0v) is 11.2. The van der Waals surface area contributed by atoms with Gasteiger partial charge in [-0.05, 0) is 36.8 Å². The number of nitrogens with two attached hydrogens (primary N) is 1. The number of carboxylic acids is 1. The van der Waals surface area contributed by atoms with E-state index in [1.54, 1.807) is 18.2 Å². The van der Waals surface area contributed by atoms with E-state index in [-0.39, 0.29) is 5.92 Å². The molecular formula is C15H18N2O3. The molecule has 3 unspecified atom stereocenters. The van der Waals surface area contributed by atoms with E-state index in [1.165, 1.54) is 0 Å². The van der Waals surface area contributed by atoms with Crippen molar-refractivity contribution in [1.82, 2.24) is 0 Å². The van der Waals surface area contributed by atoms with Gasteiger partial charge >= 0.3 is 5.97 Å². The first kappa shape index (κ1) is 13.0. The fourth-order valence-electron chi connectivity index (χ4n) is 3.80. The predicted octanol–water partition coefficient (Wildman–Crippen LogP) is 1.47. The molecule has 3 atom stereocenters. The Bertz CT molecular complexity index is 558. The molecule has 3 N–H and O–H groups in total. The Morgan fingerprint density at radius 3 is 2.70 bits per heavy atom. The highest BCUT2D eigenvalue weighted by molar-refractivity contribution is 5.99. The van der Waals surface area contributed by atoms with Crippen molar-refractivity contribution in [3.63, 3.8) is 0 Å². The summed E-state index contributed by atoms with van der Waals surface area (Å²) in [4.78, 5) is 25.1. The van der Waals surface area contributed by atoms with E-state index in [2.05, 4.69) is 0 Å². The molecule has 1 aliphatic carbocycles. The summed E-state index contributed by atoms with van der Waals surface area (Å²) in [6.45, 7) is 0.700. The van der Waals surface area contributed by atoms with E-state index in [9.17, 15) is 14.7 Å². The SMILES string of the molecule is NC(=O)c1ccccc1N1CC2CCCC2C1C(=O)O. The molecule has 1 aliphatic heterocycles. The fraction of sp³-hybridized carbons (Fsp3) is 0.467. The molecule has 5 nitrogen and oxygen atoms in total. The van der Waals surface area contributed by atoms with E-state index < -0.39 is 17.9 Å². The Hall–Kier alpha value is -2.04. The van der Waals surface area contributed by atoms with Crippen molar-refractivity contribution in [2.45, 2.75) is 25.3 Å². The van der Waals surface area contributed by atoms with Gasteiger partial charge in [-0.15, -0.1) is 0 Å². The van der Waals surface area contributed by atoms with Crippen LogP contribution >= 0.6 is 0 Å². The summed E-state index contributed by atoms with van der Waals surface area (Å²) in [6.07, 6.45) is 3.13. The summed E-state index contributed by atoms with van der Waals surface area (Å²) >= 11 is 0. The summed E-state index contributed by atoms with van der Waals surface area (Å²) in [5, 5.41) is 9.56. The van der Waals surface area contributed by atoms with Gasteiger partial charge in [0, 0.05) is 6.54 Å². The van der Waals surface area contributed by atoms with Crippen molar-refractivity contribution in [3.05, 3.63) is 29.8 Å². The van der Waals surface area contributed by atoms with Crippen molar-refractivity contribution >= 4 is 17.6 Å². The molecule has 5 heteroatoms. The lowest BCUT2D eigenvalue weighted by Gasteiger charge is -2.27. The van der Waals surface area contributed by atoms with Crippen LogP contribution in [0.3, 0.4) is 0 Å². The van der Waals surface area contributed by atoms with Crippen LogP contribution in [0, 0.1) is 11.8 Å². The number of primary amides is 1. The number of hydrogen-bond donors (Lipinski definition) is 2. The van der Waals surface area contributed by atoms with E-state index in [0.717, 1.165) is 19.3 Å². The van der Waals surface area contributed by atoms with Crippen LogP contribution in [0.15, 0.2) is 24.3 Å². The zero-order valence-electron chi connectivity index (χ0n) is 11.2. The molecule has 1 saturated carbocycles. The Kier molecular flexibility index (Phi) is 3.12. The highest BCUT2D eigenvalue weighted by Gasteiger charge is 2.48. The number of carbonyl (C=O) groups excluding carboxylic acids is 1. The largest absolute Gasteiger partial charge is 0.480 e. The number of anilines is 1. The average Bonchev–Trinajstić information content (AvgIpc) is 2.97. The molecular weight excluding hydrogens is 256 g/mol. The van der Waals surface area contributed by atoms with E-state index in [0.29, 0.717) is 23.7 Å². The Balaban J connectivity index is 2.01. The van der Waals surface area contributed by atoms with Crippen LogP contribution < -0.4 is 10.6 Å². The normalized spacial score (nSPS) is 28.4. The molecule has 1 aromatic rings. The van der Waals surface area contributed by atoms with Crippen molar-refractivity contribution in [2.75, 3.05) is 11.4 Å². The fourth-order valence-corrected chi connectivity index (χ4v) is 3.80. The summed E-state index contributed by atoms with van der Waals surface area (Å²) in [5.41, 5.74) is 6.46. The molecule has 20 heavy (non-hydrogen) atoms. The third-order valence-electron chi connectivity index (χ3n) is 4.62. The molecule has 0 radical (unpaired) electrons. The second-order valence-corrected chi connectivity index (χ2v) is 5.67. The van der Waals surface area contributed by atoms with Gasteiger partial charge < -0.3 is 15.7 Å². The zero-order chi connectivity index (χ0) is 14.3. The standard InChI is InChI=1S/C15H18N2O3/c16-14(18)11-5-1-2-7-12(11)17-8-9-4-3-6-10(9)13(17)15(19)20/h1-2,5,7,9-10,13H,3-4,6,8H2,(H2,16,18)(H,19,20). The monoisotopic (exact) mass is 274 g/mol. The number of amides is 1. The lowest BCUT2D eigenvalue weighted by atomic mass is 9.94. The molecule has 0 bridgehead atoms. The molecule has 2 aliphatic rings. The molecule has 1 aromatic carbocycles. The van der Waals surface area contributed by atoms with Gasteiger partial charge in [0.1, 0.15) is 6.04 Å². The molecule has 1 heterocycles. The van der Waals surface area contributed by atoms with Crippen molar-refractivity contribution in [1.29, 1.82) is 0 Å². The minimum Gasteiger partial charge on any atom is -0.480 e. The van der Waals surface area contributed by atoms with Crippen molar-refractivity contribution in [3.8, 4) is 0 Å². The number of fused-ring (bicyclic) bond motifs is 1. The summed E-state index contributed by atoms with van der Waals surface area (Å²) in [5.74, 6) is -0.717. The Morgan fingerprint density at radius 1 is 1.25 bits per heavy atom. The first-order chi connectivity index (χ1) is 9.59. The molecule has 0 aromatic heterocycles. The maximum atomic E-state index is 11.7. The van der Waals surface area contributed by atoms with Gasteiger partial charge in [0.15, 0.2) is 0 Å². The number of hydrogen-bond acceptors (Lipinski definition) is 3. The van der Waals surface area contributed by atoms with Crippen LogP contribution in [0.4, 0.5) is 5.69 Å². The number of aliphatic carboxylic acids is 1. The van der Waals surface area contributed by atoms with Gasteiger partial charge in [-0.25, -0.2) is 4.79 Å². The number of para-hydroxylation sites is 1. The van der Waals surface area contributed by atoms with Crippen LogP contribution in [-0.2, 0) is 4.79 Å². The number of carbonyl (C=O) groups is 2. The van der Waals surface area contributed by atoms with Crippen molar-refractivity contribution in [2.24, 2.45) is 17.6 Å². The highest BCUT2D eigenvalue weighted by Crippen LogP contribution is 2.44. The minimum atomic E-state index is -0.807. The number of benzene rings is 1. The Labute approximate surface area is 117 Å². The van der Waals surface area contributed by atoms with Crippen LogP contribution in [0.5, 0.6) is 0 Å². The van der Waals surface area contributed by atoms with E-state index in [1.807, 2.05) is 11.0 Å². The lowest BCUT2D eigenvalue weighted by molar-refractivity contribution is -0.139. The predicted molar refractivity (Wildman–Crippen MR) is 74.6 cm³/mol. The third-order valence-corrected chi connectivity index (χ3v) is 4.62. The molecule has 1 saturated heterocycles. The first-order valence-electron chi connectivity index (χ1n) is 6.98. The topological polar surface area (TPSA) is 83.6 Å². The second kappa shape index (κ2) is 4.81. The van der Waals surface area contributed by atoms with Gasteiger partial charge in [0.05, 0.1) is 11.3 Å². The van der Waals surface area contributed by atoms with Crippen LogP contribution in [0.2, 0.25) is 0 Å². The molecule has 1 amide bonds. The summed E-state index contributed by atoms with van der Waals surface area (Å²) < 4.78 is 0. The second-order valence-electron chi connectivity index (χ2n) is 5.67. The van der Waals surface area contributed by atoms with Crippen LogP contribution in [0.1, 0.15) is 29.6 Å². The quantitative estimate of drug-likeness (QED) is 0.874. The summed E-state index contributed by atoms with van der Waals surface area (Å²) in [6, 6.07) is 6.47. The maximum absolute atomic E-state index is 11.7. The third kappa shape index (κ3) is 1.94. The first-order valence-corrected chi connectivity index (χ1v) is 6.98. The lowest BCUT2D eigenvalue weighted by Crippen LogP contribution is -2.40. The smallest absolute Gasteiger partial charge is 0.326 e. The molecule has 0 spiro atoms. The number of carboxylic acid groups (broad SMARTS) is 1. The van der Waals surface area contributed by atoms with E-state index >= 15 is 0 Å². The van der Waals surface area contributed by atoms with Gasteiger partial charge in [-0.1, -0.05) is 18.6 Å². The van der Waals surface area contributed by atoms with Crippen LogP contribution in [0.25, 0.3) is 0 Å². The number of nitrogens with zero attached hydrogens (tertiary/aromatic N) is 1. The summed E-state index contributed by atoms with van der Waals surface area (Å²) in [7, 11) is 0. The highest BCUT2D eigenvalue weighted by atomic mass is 16.4. The number of rotatable bonds is 3.